The Balaban J connectivity index is 2.58. The molecule has 0 aliphatic rings. The van der Waals surface area contributed by atoms with E-state index in [-0.39, 0.29) is 0 Å². The summed E-state index contributed by atoms with van der Waals surface area (Å²) in [4.78, 5) is 10.8. The monoisotopic (exact) mass is 189 g/mol. The topological polar surface area (TPSA) is 42.2 Å². The maximum atomic E-state index is 10.8. The molecule has 0 bridgehead atoms. The third-order valence-electron chi connectivity index (χ3n) is 2.40. The van der Waals surface area contributed by atoms with E-state index < -0.39 is 12.0 Å². The Morgan fingerprint density at radius 3 is 2.79 bits per heavy atom. The molecule has 0 fully saturated rings. The van der Waals surface area contributed by atoms with Gasteiger partial charge in [-0.25, -0.2) is 4.79 Å². The van der Waals surface area contributed by atoms with Crippen molar-refractivity contribution in [3.8, 4) is 0 Å². The van der Waals surface area contributed by atoms with E-state index in [1.165, 1.54) is 0 Å². The van der Waals surface area contributed by atoms with Crippen LogP contribution in [0.1, 0.15) is 13.0 Å². The molecule has 0 saturated heterocycles. The number of rotatable bonds is 2. The van der Waals surface area contributed by atoms with Crippen LogP contribution >= 0.6 is 0 Å². The van der Waals surface area contributed by atoms with E-state index >= 15 is 0 Å². The first-order valence-electron chi connectivity index (χ1n) is 4.48. The summed E-state index contributed by atoms with van der Waals surface area (Å²) >= 11 is 0. The van der Waals surface area contributed by atoms with Gasteiger partial charge in [0.1, 0.15) is 6.04 Å². The molecule has 0 unspecified atom stereocenters. The molecular formula is C11H11NO2. The Hall–Kier alpha value is -1.77. The minimum Gasteiger partial charge on any atom is -0.480 e. The van der Waals surface area contributed by atoms with E-state index in [1.54, 1.807) is 11.5 Å². The standard InChI is InChI=1S/C11H11NO2/c1-8(11(13)14)12-7-6-9-4-2-3-5-10(9)12/h2-8H,1H3,(H,13,14)/t8-/m0/s1. The van der Waals surface area contributed by atoms with E-state index in [1.807, 2.05) is 36.5 Å². The summed E-state index contributed by atoms with van der Waals surface area (Å²) in [5.74, 6) is -0.814. The highest BCUT2D eigenvalue weighted by Gasteiger charge is 2.14. The van der Waals surface area contributed by atoms with Gasteiger partial charge in [0.15, 0.2) is 0 Å². The lowest BCUT2D eigenvalue weighted by Gasteiger charge is -2.09. The lowest BCUT2D eigenvalue weighted by Crippen LogP contribution is -2.14. The fraction of sp³-hybridized carbons (Fsp3) is 0.182. The van der Waals surface area contributed by atoms with Gasteiger partial charge in [0.2, 0.25) is 0 Å². The molecule has 14 heavy (non-hydrogen) atoms. The highest BCUT2D eigenvalue weighted by atomic mass is 16.4. The summed E-state index contributed by atoms with van der Waals surface area (Å²) in [6.07, 6.45) is 1.81. The van der Waals surface area contributed by atoms with Crippen molar-refractivity contribution in [2.24, 2.45) is 0 Å². The molecule has 2 aromatic rings. The second-order valence-electron chi connectivity index (χ2n) is 3.30. The quantitative estimate of drug-likeness (QED) is 0.787. The summed E-state index contributed by atoms with van der Waals surface area (Å²) < 4.78 is 1.76. The smallest absolute Gasteiger partial charge is 0.326 e. The molecule has 72 valence electrons. The summed E-state index contributed by atoms with van der Waals surface area (Å²) in [5, 5.41) is 9.96. The average molecular weight is 189 g/mol. The van der Waals surface area contributed by atoms with Crippen LogP contribution in [-0.2, 0) is 4.79 Å². The SMILES string of the molecule is C[C@@H](C(=O)O)n1ccc2ccccc21. The lowest BCUT2D eigenvalue weighted by atomic mass is 10.2. The summed E-state index contributed by atoms with van der Waals surface area (Å²) in [7, 11) is 0. The van der Waals surface area contributed by atoms with Crippen LogP contribution in [0.25, 0.3) is 10.9 Å². The van der Waals surface area contributed by atoms with E-state index in [4.69, 9.17) is 5.11 Å². The molecule has 0 aliphatic carbocycles. The van der Waals surface area contributed by atoms with Crippen LogP contribution in [0.2, 0.25) is 0 Å². The van der Waals surface area contributed by atoms with Crippen LogP contribution < -0.4 is 0 Å². The zero-order valence-corrected chi connectivity index (χ0v) is 7.84. The normalized spacial score (nSPS) is 12.9. The number of carboxylic acid groups (broad SMARTS) is 1. The van der Waals surface area contributed by atoms with Gasteiger partial charge in [0, 0.05) is 11.7 Å². The molecule has 0 amide bonds. The molecule has 2 rings (SSSR count). The first kappa shape index (κ1) is 8.81. The molecule has 0 radical (unpaired) electrons. The van der Waals surface area contributed by atoms with Crippen molar-refractivity contribution in [2.75, 3.05) is 0 Å². The van der Waals surface area contributed by atoms with Crippen molar-refractivity contribution in [1.29, 1.82) is 0 Å². The van der Waals surface area contributed by atoms with Crippen LogP contribution in [0.4, 0.5) is 0 Å². The second-order valence-corrected chi connectivity index (χ2v) is 3.30. The number of fused-ring (bicyclic) bond motifs is 1. The third kappa shape index (κ3) is 1.27. The molecule has 1 atom stereocenters. The average Bonchev–Trinajstić information content (AvgIpc) is 2.60. The number of nitrogens with zero attached hydrogens (tertiary/aromatic N) is 1. The van der Waals surface area contributed by atoms with Crippen LogP contribution in [0, 0.1) is 0 Å². The number of para-hydroxylation sites is 1. The van der Waals surface area contributed by atoms with Crippen LogP contribution in [0.15, 0.2) is 36.5 Å². The molecule has 1 heterocycles. The molecule has 1 aromatic carbocycles. The van der Waals surface area contributed by atoms with E-state index in [0.717, 1.165) is 10.9 Å². The third-order valence-corrected chi connectivity index (χ3v) is 2.40. The minimum atomic E-state index is -0.814. The van der Waals surface area contributed by atoms with Crippen molar-refractivity contribution in [1.82, 2.24) is 4.57 Å². The molecular weight excluding hydrogens is 178 g/mol. The van der Waals surface area contributed by atoms with Crippen molar-refractivity contribution >= 4 is 16.9 Å². The van der Waals surface area contributed by atoms with E-state index in [9.17, 15) is 4.79 Å². The van der Waals surface area contributed by atoms with Gasteiger partial charge in [-0.3, -0.25) is 0 Å². The zero-order valence-electron chi connectivity index (χ0n) is 7.84. The van der Waals surface area contributed by atoms with Crippen LogP contribution in [0.3, 0.4) is 0 Å². The Labute approximate surface area is 81.6 Å². The number of hydrogen-bond donors (Lipinski definition) is 1. The minimum absolute atomic E-state index is 0.519. The molecule has 0 saturated carbocycles. The molecule has 0 spiro atoms. The number of aromatic nitrogens is 1. The van der Waals surface area contributed by atoms with Crippen molar-refractivity contribution < 1.29 is 9.90 Å². The summed E-state index contributed by atoms with van der Waals surface area (Å²) in [6, 6.07) is 9.16. The predicted molar refractivity (Wildman–Crippen MR) is 54.3 cm³/mol. The van der Waals surface area contributed by atoms with Gasteiger partial charge in [-0.1, -0.05) is 18.2 Å². The number of carboxylic acids is 1. The molecule has 3 nitrogen and oxygen atoms in total. The van der Waals surface area contributed by atoms with Crippen LogP contribution in [0.5, 0.6) is 0 Å². The first-order chi connectivity index (χ1) is 6.70. The molecule has 1 N–H and O–H groups in total. The lowest BCUT2D eigenvalue weighted by molar-refractivity contribution is -0.140. The van der Waals surface area contributed by atoms with Gasteiger partial charge < -0.3 is 9.67 Å². The van der Waals surface area contributed by atoms with Crippen LogP contribution in [-0.4, -0.2) is 15.6 Å². The number of hydrogen-bond acceptors (Lipinski definition) is 1. The van der Waals surface area contributed by atoms with Gasteiger partial charge >= 0.3 is 5.97 Å². The van der Waals surface area contributed by atoms with Gasteiger partial charge in [-0.05, 0) is 24.4 Å². The van der Waals surface area contributed by atoms with Gasteiger partial charge in [-0.2, -0.15) is 0 Å². The second kappa shape index (κ2) is 3.18. The highest BCUT2D eigenvalue weighted by Crippen LogP contribution is 2.19. The van der Waals surface area contributed by atoms with Gasteiger partial charge in [0.25, 0.3) is 0 Å². The van der Waals surface area contributed by atoms with E-state index in [2.05, 4.69) is 0 Å². The molecule has 0 aliphatic heterocycles. The Bertz CT molecular complexity index is 473. The number of carbonyl (C=O) groups is 1. The number of aliphatic carboxylic acids is 1. The fourth-order valence-corrected chi connectivity index (χ4v) is 1.56. The van der Waals surface area contributed by atoms with E-state index in [0.29, 0.717) is 0 Å². The highest BCUT2D eigenvalue weighted by molar-refractivity contribution is 5.82. The zero-order chi connectivity index (χ0) is 10.1. The predicted octanol–water partition coefficient (Wildman–Crippen LogP) is 2.29. The van der Waals surface area contributed by atoms with Gasteiger partial charge in [0.05, 0.1) is 0 Å². The summed E-state index contributed by atoms with van der Waals surface area (Å²) in [6.45, 7) is 1.68. The van der Waals surface area contributed by atoms with Gasteiger partial charge in [-0.15, -0.1) is 0 Å². The molecule has 3 heteroatoms. The fourth-order valence-electron chi connectivity index (χ4n) is 1.56. The Morgan fingerprint density at radius 1 is 1.36 bits per heavy atom. The van der Waals surface area contributed by atoms with Crippen molar-refractivity contribution in [2.45, 2.75) is 13.0 Å². The Kier molecular flexibility index (Phi) is 2.00. The molecule has 1 aromatic heterocycles. The maximum Gasteiger partial charge on any atom is 0.326 e. The first-order valence-corrected chi connectivity index (χ1v) is 4.48. The summed E-state index contributed by atoms with van der Waals surface area (Å²) in [5.41, 5.74) is 0.961. The maximum absolute atomic E-state index is 10.8. The number of benzene rings is 1. The largest absolute Gasteiger partial charge is 0.480 e. The Morgan fingerprint density at radius 2 is 2.07 bits per heavy atom. The van der Waals surface area contributed by atoms with Crippen molar-refractivity contribution in [3.05, 3.63) is 36.5 Å². The van der Waals surface area contributed by atoms with Crippen molar-refractivity contribution in [3.63, 3.8) is 0 Å².